The number of carbonyl (C=O) groups is 2. The summed E-state index contributed by atoms with van der Waals surface area (Å²) in [6, 6.07) is 7.04. The molecule has 252 valence electrons. The summed E-state index contributed by atoms with van der Waals surface area (Å²) in [5.74, 6) is 1.60. The molecule has 0 saturated heterocycles. The van der Waals surface area contributed by atoms with Gasteiger partial charge in [-0.2, -0.15) is 0 Å². The Labute approximate surface area is 278 Å². The summed E-state index contributed by atoms with van der Waals surface area (Å²) in [5.41, 5.74) is 6.20. The highest BCUT2D eigenvalue weighted by Crippen LogP contribution is 2.35. The first kappa shape index (κ1) is 35.7. The lowest BCUT2D eigenvalue weighted by Gasteiger charge is -2.23. The Morgan fingerprint density at radius 2 is 1.23 bits per heavy atom. The molecule has 0 radical (unpaired) electrons. The second-order valence-corrected chi connectivity index (χ2v) is 11.8. The molecule has 0 aromatic heterocycles. The lowest BCUT2D eigenvalue weighted by atomic mass is 9.85. The first-order valence-corrected chi connectivity index (χ1v) is 16.7. The quantitative estimate of drug-likeness (QED) is 0.0926. The summed E-state index contributed by atoms with van der Waals surface area (Å²) in [6.45, 7) is 5.47. The second-order valence-electron chi connectivity index (χ2n) is 11.8. The summed E-state index contributed by atoms with van der Waals surface area (Å²) in [5, 5.41) is 8.93. The predicted octanol–water partition coefficient (Wildman–Crippen LogP) is 7.78. The average Bonchev–Trinajstić information content (AvgIpc) is 3.10. The van der Waals surface area contributed by atoms with Crippen LogP contribution in [0.25, 0.3) is 0 Å². The molecule has 0 heterocycles. The van der Waals surface area contributed by atoms with Gasteiger partial charge >= 0.3 is 11.9 Å². The SMILES string of the molecule is C=C(COC)C(=O)OCCCCCCOc1ccc(C(=O)OC2=CC=C(C3=CC=C(C4=CC=C(OCCCO)CC4)CC3)CC2)cc1. The van der Waals surface area contributed by atoms with Crippen molar-refractivity contribution in [3.8, 4) is 5.75 Å². The number of esters is 2. The maximum absolute atomic E-state index is 12.8. The van der Waals surface area contributed by atoms with Crippen molar-refractivity contribution >= 4 is 11.9 Å². The van der Waals surface area contributed by atoms with Crippen LogP contribution in [0.1, 0.15) is 81.0 Å². The molecule has 0 fully saturated rings. The highest BCUT2D eigenvalue weighted by Gasteiger charge is 2.19. The lowest BCUT2D eigenvalue weighted by molar-refractivity contribution is -0.139. The topological polar surface area (TPSA) is 101 Å². The van der Waals surface area contributed by atoms with Crippen LogP contribution in [-0.2, 0) is 23.7 Å². The number of rotatable bonds is 19. The number of hydrogen-bond acceptors (Lipinski definition) is 8. The third-order valence-electron chi connectivity index (χ3n) is 8.25. The van der Waals surface area contributed by atoms with E-state index in [-0.39, 0.29) is 19.2 Å². The van der Waals surface area contributed by atoms with Crippen molar-refractivity contribution in [2.24, 2.45) is 0 Å². The van der Waals surface area contributed by atoms with Crippen molar-refractivity contribution in [1.29, 1.82) is 0 Å². The molecule has 1 N–H and O–H groups in total. The Kier molecular flexibility index (Phi) is 14.8. The largest absolute Gasteiger partial charge is 0.498 e. The van der Waals surface area contributed by atoms with Crippen LogP contribution in [0, 0.1) is 0 Å². The second kappa shape index (κ2) is 19.5. The maximum atomic E-state index is 12.8. The Morgan fingerprint density at radius 3 is 1.79 bits per heavy atom. The summed E-state index contributed by atoms with van der Waals surface area (Å²) in [6.07, 6.45) is 22.4. The third kappa shape index (κ3) is 11.9. The molecular formula is C39H48O8. The van der Waals surface area contributed by atoms with E-state index in [0.29, 0.717) is 55.3 Å². The Morgan fingerprint density at radius 1 is 0.681 bits per heavy atom. The number of allylic oxidation sites excluding steroid dienone is 12. The third-order valence-corrected chi connectivity index (χ3v) is 8.25. The van der Waals surface area contributed by atoms with E-state index in [1.165, 1.54) is 29.4 Å². The molecule has 4 rings (SSSR count). The molecule has 0 atom stereocenters. The summed E-state index contributed by atoms with van der Waals surface area (Å²) in [4.78, 5) is 24.4. The van der Waals surface area contributed by atoms with E-state index in [0.717, 1.165) is 63.5 Å². The molecule has 0 spiro atoms. The van der Waals surface area contributed by atoms with Gasteiger partial charge in [-0.15, -0.1) is 0 Å². The molecule has 1 aromatic carbocycles. The van der Waals surface area contributed by atoms with Crippen LogP contribution in [0.4, 0.5) is 0 Å². The molecule has 3 aliphatic carbocycles. The van der Waals surface area contributed by atoms with Gasteiger partial charge in [0.25, 0.3) is 0 Å². The highest BCUT2D eigenvalue weighted by atomic mass is 16.5. The van der Waals surface area contributed by atoms with Gasteiger partial charge < -0.3 is 28.8 Å². The van der Waals surface area contributed by atoms with Gasteiger partial charge in [0, 0.05) is 33.0 Å². The average molecular weight is 645 g/mol. The van der Waals surface area contributed by atoms with E-state index in [9.17, 15) is 9.59 Å². The first-order chi connectivity index (χ1) is 23.0. The van der Waals surface area contributed by atoms with Gasteiger partial charge in [-0.3, -0.25) is 0 Å². The van der Waals surface area contributed by atoms with Crippen LogP contribution in [0.2, 0.25) is 0 Å². The number of ether oxygens (including phenoxy) is 5. The minimum Gasteiger partial charge on any atom is -0.498 e. The number of aliphatic hydroxyl groups is 1. The number of hydrogen-bond donors (Lipinski definition) is 1. The molecule has 0 unspecified atom stereocenters. The number of unbranched alkanes of at least 4 members (excludes halogenated alkanes) is 3. The van der Waals surface area contributed by atoms with E-state index in [4.69, 9.17) is 28.8 Å². The minimum atomic E-state index is -0.409. The Bertz CT molecular complexity index is 1420. The van der Waals surface area contributed by atoms with Gasteiger partial charge in [-0.05, 0) is 110 Å². The van der Waals surface area contributed by atoms with Gasteiger partial charge in [0.05, 0.1) is 43.3 Å². The lowest BCUT2D eigenvalue weighted by Crippen LogP contribution is -2.11. The van der Waals surface area contributed by atoms with Crippen molar-refractivity contribution < 1.29 is 38.4 Å². The van der Waals surface area contributed by atoms with Crippen LogP contribution in [0.15, 0.2) is 107 Å². The molecule has 0 aliphatic heterocycles. The number of aliphatic hydroxyl groups excluding tert-OH is 1. The van der Waals surface area contributed by atoms with Gasteiger partial charge in [0.1, 0.15) is 11.5 Å². The molecule has 3 aliphatic rings. The fourth-order valence-electron chi connectivity index (χ4n) is 5.53. The van der Waals surface area contributed by atoms with Crippen molar-refractivity contribution in [2.75, 3.05) is 40.1 Å². The maximum Gasteiger partial charge on any atom is 0.343 e. The van der Waals surface area contributed by atoms with Crippen LogP contribution in [0.3, 0.4) is 0 Å². The Hall–Kier alpha value is -4.14. The summed E-state index contributed by atoms with van der Waals surface area (Å²) >= 11 is 0. The van der Waals surface area contributed by atoms with Crippen molar-refractivity contribution in [1.82, 2.24) is 0 Å². The zero-order valence-electron chi connectivity index (χ0n) is 27.6. The van der Waals surface area contributed by atoms with Crippen molar-refractivity contribution in [3.63, 3.8) is 0 Å². The molecule has 0 saturated carbocycles. The van der Waals surface area contributed by atoms with E-state index >= 15 is 0 Å². The van der Waals surface area contributed by atoms with E-state index < -0.39 is 5.97 Å². The van der Waals surface area contributed by atoms with Crippen molar-refractivity contribution in [3.05, 3.63) is 112 Å². The Balaban J connectivity index is 1.15. The molecule has 1 aromatic rings. The molecule has 8 nitrogen and oxygen atoms in total. The predicted molar refractivity (Wildman–Crippen MR) is 182 cm³/mol. The smallest absolute Gasteiger partial charge is 0.343 e. The molecule has 47 heavy (non-hydrogen) atoms. The van der Waals surface area contributed by atoms with E-state index in [1.807, 2.05) is 6.08 Å². The van der Waals surface area contributed by atoms with Gasteiger partial charge in [-0.1, -0.05) is 30.9 Å². The molecule has 0 bridgehead atoms. The van der Waals surface area contributed by atoms with Crippen LogP contribution in [-0.4, -0.2) is 57.2 Å². The van der Waals surface area contributed by atoms with Crippen LogP contribution in [0.5, 0.6) is 5.75 Å². The number of benzene rings is 1. The van der Waals surface area contributed by atoms with Crippen LogP contribution < -0.4 is 4.74 Å². The molecule has 8 heteroatoms. The number of methoxy groups -OCH3 is 1. The fourth-order valence-corrected chi connectivity index (χ4v) is 5.53. The molecule has 0 amide bonds. The normalized spacial score (nSPS) is 16.0. The van der Waals surface area contributed by atoms with Gasteiger partial charge in [0.2, 0.25) is 0 Å². The highest BCUT2D eigenvalue weighted by molar-refractivity contribution is 5.90. The summed E-state index contributed by atoms with van der Waals surface area (Å²) in [7, 11) is 1.51. The minimum absolute atomic E-state index is 0.154. The van der Waals surface area contributed by atoms with Crippen molar-refractivity contribution in [2.45, 2.75) is 70.6 Å². The fraction of sp³-hybridized carbons (Fsp3) is 0.436. The van der Waals surface area contributed by atoms with E-state index in [2.05, 4.69) is 37.0 Å². The summed E-state index contributed by atoms with van der Waals surface area (Å²) < 4.78 is 27.3. The zero-order chi connectivity index (χ0) is 33.3. The number of carbonyl (C=O) groups excluding carboxylic acids is 2. The molecular weight excluding hydrogens is 596 g/mol. The monoisotopic (exact) mass is 644 g/mol. The van der Waals surface area contributed by atoms with Gasteiger partial charge in [-0.25, -0.2) is 9.59 Å². The van der Waals surface area contributed by atoms with Gasteiger partial charge in [0.15, 0.2) is 0 Å². The first-order valence-electron chi connectivity index (χ1n) is 16.7. The van der Waals surface area contributed by atoms with E-state index in [1.54, 1.807) is 24.3 Å². The zero-order valence-corrected chi connectivity index (χ0v) is 27.6. The van der Waals surface area contributed by atoms with Crippen LogP contribution >= 0.6 is 0 Å². The standard InChI is InChI=1S/C39H48O8/c1-29(28-43-2)38(41)46-26-6-4-3-5-25-44-36-20-16-34(17-21-36)39(42)47-37-22-14-33(15-23-37)31-10-8-30(9-11-31)32-12-18-35(19-13-32)45-27-7-24-40/h8,10,12,14,16-18,20-22,40H,1,3-7,9,11,13,15,19,23-28H2,2H3.